The van der Waals surface area contributed by atoms with Crippen molar-refractivity contribution in [3.8, 4) is 11.5 Å². The first kappa shape index (κ1) is 55.3. The molecule has 8 heterocycles. The minimum atomic E-state index is -0.681. The Labute approximate surface area is 420 Å². The molecule has 8 rings (SSSR count). The molecule has 2 aromatic heterocycles. The Balaban J connectivity index is 0.000000193. The van der Waals surface area contributed by atoms with Gasteiger partial charge in [-0.25, -0.2) is 19.2 Å². The first-order valence-electron chi connectivity index (χ1n) is 25.3. The zero-order valence-corrected chi connectivity index (χ0v) is 42.5. The average molecular weight is 1010 g/mol. The maximum Gasteiger partial charge on any atom is 0.412 e. The third kappa shape index (κ3) is 12.2. The van der Waals surface area contributed by atoms with Gasteiger partial charge < -0.3 is 53.9 Å². The van der Waals surface area contributed by atoms with Crippen molar-refractivity contribution in [1.29, 1.82) is 0 Å². The second-order valence-corrected chi connectivity index (χ2v) is 18.5. The summed E-state index contributed by atoms with van der Waals surface area (Å²) in [4.78, 5) is 77.4. The predicted octanol–water partition coefficient (Wildman–Crippen LogP) is 5.88. The second-order valence-electron chi connectivity index (χ2n) is 18.5. The van der Waals surface area contributed by atoms with Crippen molar-refractivity contribution >= 4 is 24.1 Å². The lowest BCUT2D eigenvalue weighted by atomic mass is 9.72. The normalized spacial score (nSPS) is 26.1. The highest BCUT2D eigenvalue weighted by molar-refractivity contribution is 5.91. The van der Waals surface area contributed by atoms with E-state index in [1.165, 1.54) is 35.3 Å². The van der Waals surface area contributed by atoms with Crippen LogP contribution in [0.4, 0.5) is 9.59 Å². The lowest BCUT2D eigenvalue weighted by Gasteiger charge is -2.48. The Hall–Kier alpha value is -6.06. The highest BCUT2D eigenvalue weighted by Gasteiger charge is 2.61. The summed E-state index contributed by atoms with van der Waals surface area (Å²) in [5.41, 5.74) is 2.08. The third-order valence-electron chi connectivity index (χ3n) is 14.1. The predicted molar refractivity (Wildman–Crippen MR) is 264 cm³/mol. The van der Waals surface area contributed by atoms with Gasteiger partial charge in [0.1, 0.15) is 25.6 Å². The number of nitrogen functional groups attached to an aromatic ring is 1. The summed E-state index contributed by atoms with van der Waals surface area (Å²) >= 11 is 0. The van der Waals surface area contributed by atoms with Crippen LogP contribution in [0, 0.1) is 11.8 Å². The number of nitrogens with one attached hydrogen (secondary N) is 1. The first-order chi connectivity index (χ1) is 34.7. The molecule has 0 radical (unpaired) electrons. The number of piperidine rings is 2. The maximum atomic E-state index is 13.0. The fraction of sp³-hybridized carbons (Fsp3) is 0.647. The van der Waals surface area contributed by atoms with Gasteiger partial charge in [-0.05, 0) is 78.1 Å². The summed E-state index contributed by atoms with van der Waals surface area (Å²) < 4.78 is 52.3. The molecule has 6 aliphatic heterocycles. The highest BCUT2D eigenvalue weighted by atomic mass is 16.6. The summed E-state index contributed by atoms with van der Waals surface area (Å²) in [6, 6.07) is 2.59. The Morgan fingerprint density at radius 1 is 0.722 bits per heavy atom. The molecule has 2 amide bonds. The van der Waals surface area contributed by atoms with Gasteiger partial charge in [0.25, 0.3) is 0 Å². The van der Waals surface area contributed by atoms with Crippen LogP contribution in [-0.4, -0.2) is 139 Å². The molecule has 72 heavy (non-hydrogen) atoms. The molecule has 2 spiro atoms. The Kier molecular flexibility index (Phi) is 19.6. The van der Waals surface area contributed by atoms with E-state index in [1.807, 2.05) is 13.8 Å². The molecule has 0 aliphatic carbocycles. The van der Waals surface area contributed by atoms with E-state index in [4.69, 9.17) is 48.5 Å². The van der Waals surface area contributed by atoms with Crippen molar-refractivity contribution in [3.63, 3.8) is 0 Å². The first-order valence-corrected chi connectivity index (χ1v) is 25.3. The number of nitrogens with two attached hydrogens (primary N) is 1. The largest absolute Gasteiger partial charge is 0.487 e. The second kappa shape index (κ2) is 25.5. The van der Waals surface area contributed by atoms with Gasteiger partial charge in [0.2, 0.25) is 10.9 Å². The molecule has 8 atom stereocenters. The van der Waals surface area contributed by atoms with Gasteiger partial charge in [0.15, 0.2) is 22.9 Å². The van der Waals surface area contributed by atoms with E-state index in [0.29, 0.717) is 32.4 Å². The van der Waals surface area contributed by atoms with Gasteiger partial charge in [-0.2, -0.15) is 0 Å². The van der Waals surface area contributed by atoms with E-state index in [2.05, 4.69) is 18.6 Å². The molecule has 2 aromatic rings. The van der Waals surface area contributed by atoms with Crippen LogP contribution < -0.4 is 31.6 Å². The van der Waals surface area contributed by atoms with Gasteiger partial charge in [-0.1, -0.05) is 52.0 Å². The number of rotatable bonds is 19. The Morgan fingerprint density at radius 2 is 1.22 bits per heavy atom. The maximum absolute atomic E-state index is 13.0. The molecular weight excluding hydrogens is 937 g/mol. The number of fused-ring (bicyclic) bond motifs is 2. The van der Waals surface area contributed by atoms with E-state index in [-0.39, 0.29) is 96.2 Å². The molecule has 6 fully saturated rings. The fourth-order valence-corrected chi connectivity index (χ4v) is 10.7. The number of ether oxygens (including phenoxy) is 9. The van der Waals surface area contributed by atoms with Crippen LogP contribution in [0.1, 0.15) is 126 Å². The van der Waals surface area contributed by atoms with Crippen molar-refractivity contribution in [2.45, 2.75) is 141 Å². The van der Waals surface area contributed by atoms with Gasteiger partial charge in [-0.3, -0.25) is 28.7 Å². The SMILES string of the molecule is C=CCOC(=O)N1CC[C@@]23CC[C@@H](C[C@@H]2C1Nn1ccc(=O)c(OCCCC)c1C(=O)OCC)O3.C=CCOC(=O)N1CC[C@@]23CC[C@@H](C[C@@H]2C1OC)O3.CCCCOc1c(C(=O)OCC)n(N)ccc1=O. The molecule has 0 aromatic carbocycles. The van der Waals surface area contributed by atoms with Crippen molar-refractivity contribution in [3.05, 3.63) is 81.7 Å². The van der Waals surface area contributed by atoms with E-state index < -0.39 is 29.6 Å². The van der Waals surface area contributed by atoms with E-state index >= 15 is 0 Å². The molecule has 3 N–H and O–H groups in total. The number of aromatic nitrogens is 2. The number of methoxy groups -OCH3 is 1. The number of unbranched alkanes of at least 4 members (excludes halogenated alkanes) is 2. The Morgan fingerprint density at radius 3 is 1.75 bits per heavy atom. The quantitative estimate of drug-likeness (QED) is 0.0549. The minimum Gasteiger partial charge on any atom is -0.487 e. The lowest BCUT2D eigenvalue weighted by Crippen LogP contribution is -2.62. The summed E-state index contributed by atoms with van der Waals surface area (Å²) in [6.07, 6.45) is 15.7. The van der Waals surface area contributed by atoms with E-state index in [9.17, 15) is 28.8 Å². The lowest BCUT2D eigenvalue weighted by molar-refractivity contribution is -0.145. The fourth-order valence-electron chi connectivity index (χ4n) is 10.7. The standard InChI is InChI=1S/C25H35N3O7.C14H21NO4.C12H18N2O4/c1-4-7-15-33-21-19(29)9-12-28(20(21)23(30)32-6-3)26-22-18-16-17-8-10-25(18,35-17)11-13-27(22)24(31)34-14-5-2;1-3-8-18-13(16)15-7-6-14-5-4-10(19-14)9-11(14)12(15)17-2;1-3-5-8-18-11-9(15)6-7-14(13)10(11)12(16)17-4-2/h5,9,12,17-18,22,26H,2,4,6-8,10-11,13-16H2,1,3H3;3,10-12H,1,4-9H2,2H3;6-7H,3-5,8,13H2,1-2H3/t17-,18+,22?,25-;10-,11+,12?,14-;/m00./s1. The van der Waals surface area contributed by atoms with Gasteiger partial charge in [0.05, 0.1) is 49.8 Å². The van der Waals surface area contributed by atoms with Crippen LogP contribution in [0.15, 0.2) is 59.4 Å². The third-order valence-corrected chi connectivity index (χ3v) is 14.1. The van der Waals surface area contributed by atoms with Crippen molar-refractivity contribution < 1.29 is 61.8 Å². The van der Waals surface area contributed by atoms with E-state index in [0.717, 1.165) is 81.7 Å². The smallest absolute Gasteiger partial charge is 0.412 e. The molecular formula is C51H74N6O15. The molecule has 21 nitrogen and oxygen atoms in total. The topological polar surface area (TPSA) is 240 Å². The van der Waals surface area contributed by atoms with Gasteiger partial charge >= 0.3 is 24.1 Å². The zero-order valence-electron chi connectivity index (χ0n) is 42.5. The molecule has 21 heteroatoms. The number of likely N-dealkylation sites (tertiary alicyclic amines) is 2. The number of esters is 2. The van der Waals surface area contributed by atoms with Gasteiger partial charge in [-0.15, -0.1) is 0 Å². The minimum absolute atomic E-state index is 0.00906. The van der Waals surface area contributed by atoms with Crippen LogP contribution in [0.3, 0.4) is 0 Å². The Bertz CT molecular complexity index is 2340. The zero-order chi connectivity index (χ0) is 52.0. The monoisotopic (exact) mass is 1010 g/mol. The molecule has 6 saturated heterocycles. The van der Waals surface area contributed by atoms with Gasteiger partial charge in [0, 0.05) is 56.6 Å². The summed E-state index contributed by atoms with van der Waals surface area (Å²) in [5.74, 6) is 4.43. The number of carbonyl (C=O) groups is 4. The van der Waals surface area contributed by atoms with Crippen molar-refractivity contribution in [1.82, 2.24) is 19.2 Å². The molecule has 6 aliphatic rings. The molecule has 2 unspecified atom stereocenters. The van der Waals surface area contributed by atoms with Crippen molar-refractivity contribution in [2.75, 3.05) is 71.1 Å². The molecule has 4 bridgehead atoms. The number of hydrogen-bond acceptors (Lipinski definition) is 17. The van der Waals surface area contributed by atoms with Crippen LogP contribution >= 0.6 is 0 Å². The number of amides is 2. The van der Waals surface area contributed by atoms with E-state index in [1.54, 1.807) is 36.8 Å². The highest BCUT2D eigenvalue weighted by Crippen LogP contribution is 2.55. The average Bonchev–Trinajstić information content (AvgIpc) is 4.17. The molecule has 398 valence electrons. The summed E-state index contributed by atoms with van der Waals surface area (Å²) in [5, 5.41) is 0. The van der Waals surface area contributed by atoms with Crippen LogP contribution in [0.2, 0.25) is 0 Å². The van der Waals surface area contributed by atoms with Crippen LogP contribution in [0.25, 0.3) is 0 Å². The summed E-state index contributed by atoms with van der Waals surface area (Å²) in [7, 11) is 1.66. The number of pyridine rings is 2. The molecule has 0 saturated carbocycles. The van der Waals surface area contributed by atoms with Crippen LogP contribution in [-0.2, 0) is 33.2 Å². The number of hydrogen-bond donors (Lipinski definition) is 2. The number of carbonyl (C=O) groups excluding carboxylic acids is 4. The van der Waals surface area contributed by atoms with Crippen molar-refractivity contribution in [2.24, 2.45) is 11.8 Å². The van der Waals surface area contributed by atoms with Crippen LogP contribution in [0.5, 0.6) is 11.5 Å². The number of nitrogens with zero attached hydrogens (tertiary/aromatic N) is 4. The summed E-state index contributed by atoms with van der Waals surface area (Å²) in [6.45, 7) is 17.0.